The maximum atomic E-state index is 11.7. The quantitative estimate of drug-likeness (QED) is 0.831. The van der Waals surface area contributed by atoms with E-state index in [9.17, 15) is 9.59 Å². The molecule has 0 aromatic carbocycles. The third-order valence-corrected chi connectivity index (χ3v) is 1.97. The van der Waals surface area contributed by atoms with Crippen LogP contribution in [0, 0.1) is 0 Å². The Labute approximate surface area is 107 Å². The topological polar surface area (TPSA) is 68.3 Å². The number of carbonyl (C=O) groups is 2. The van der Waals surface area contributed by atoms with Crippen LogP contribution in [0.15, 0.2) is 24.4 Å². The van der Waals surface area contributed by atoms with Gasteiger partial charge < -0.3 is 10.1 Å². The van der Waals surface area contributed by atoms with Crippen molar-refractivity contribution in [2.45, 2.75) is 32.8 Å². The fourth-order valence-corrected chi connectivity index (χ4v) is 1.25. The number of pyridine rings is 1. The van der Waals surface area contributed by atoms with Crippen molar-refractivity contribution in [3.05, 3.63) is 30.1 Å². The molecule has 0 spiro atoms. The summed E-state index contributed by atoms with van der Waals surface area (Å²) in [6.07, 6.45) is 1.25. The minimum atomic E-state index is -0.533. The Kier molecular flexibility index (Phi) is 4.83. The number of nitrogens with zero attached hydrogens (tertiary/aromatic N) is 1. The number of ether oxygens (including phenoxy) is 1. The van der Waals surface area contributed by atoms with E-state index in [-0.39, 0.29) is 18.7 Å². The summed E-state index contributed by atoms with van der Waals surface area (Å²) in [4.78, 5) is 26.9. The molecule has 1 N–H and O–H groups in total. The molecule has 5 nitrogen and oxygen atoms in total. The molecule has 1 heterocycles. The lowest BCUT2D eigenvalue weighted by molar-refractivity contribution is 0.0527. The van der Waals surface area contributed by atoms with Gasteiger partial charge in [-0.2, -0.15) is 0 Å². The Bertz CT molecular complexity index is 410. The Morgan fingerprint density at radius 3 is 2.61 bits per heavy atom. The zero-order valence-corrected chi connectivity index (χ0v) is 10.9. The molecule has 0 radical (unpaired) electrons. The first-order valence-corrected chi connectivity index (χ1v) is 5.79. The number of hydrogen-bond acceptors (Lipinski definition) is 4. The van der Waals surface area contributed by atoms with Crippen LogP contribution in [0.4, 0.5) is 4.79 Å². The highest BCUT2D eigenvalue weighted by atomic mass is 16.6. The molecule has 1 aromatic heterocycles. The molecule has 18 heavy (non-hydrogen) atoms. The fraction of sp³-hybridized carbons (Fsp3) is 0.462. The summed E-state index contributed by atoms with van der Waals surface area (Å²) in [5.41, 5.74) is -0.127. The van der Waals surface area contributed by atoms with Crippen LogP contribution < -0.4 is 5.32 Å². The van der Waals surface area contributed by atoms with Crippen molar-refractivity contribution in [3.8, 4) is 0 Å². The molecule has 0 saturated carbocycles. The number of nitrogens with one attached hydrogen (secondary N) is 1. The van der Waals surface area contributed by atoms with E-state index in [4.69, 9.17) is 4.74 Å². The van der Waals surface area contributed by atoms with Crippen molar-refractivity contribution in [2.24, 2.45) is 0 Å². The molecule has 0 aliphatic carbocycles. The van der Waals surface area contributed by atoms with Crippen LogP contribution in [0.5, 0.6) is 0 Å². The second kappa shape index (κ2) is 6.14. The van der Waals surface area contributed by atoms with E-state index in [0.717, 1.165) is 0 Å². The maximum Gasteiger partial charge on any atom is 0.407 e. The van der Waals surface area contributed by atoms with Gasteiger partial charge in [0.15, 0.2) is 5.78 Å². The number of amides is 1. The summed E-state index contributed by atoms with van der Waals surface area (Å²) < 4.78 is 5.05. The Balaban J connectivity index is 2.30. The summed E-state index contributed by atoms with van der Waals surface area (Å²) in [6.45, 7) is 5.59. The van der Waals surface area contributed by atoms with Crippen molar-refractivity contribution in [1.29, 1.82) is 0 Å². The van der Waals surface area contributed by atoms with Gasteiger partial charge in [0.2, 0.25) is 0 Å². The Hall–Kier alpha value is -1.91. The molecule has 0 aliphatic heterocycles. The third-order valence-electron chi connectivity index (χ3n) is 1.97. The van der Waals surface area contributed by atoms with Crippen molar-refractivity contribution < 1.29 is 14.3 Å². The smallest absolute Gasteiger partial charge is 0.407 e. The van der Waals surface area contributed by atoms with E-state index in [1.807, 2.05) is 0 Å². The van der Waals surface area contributed by atoms with Gasteiger partial charge in [-0.25, -0.2) is 4.79 Å². The largest absolute Gasteiger partial charge is 0.444 e. The average Bonchev–Trinajstić information content (AvgIpc) is 2.27. The van der Waals surface area contributed by atoms with Crippen molar-refractivity contribution in [1.82, 2.24) is 10.3 Å². The van der Waals surface area contributed by atoms with Crippen LogP contribution in [-0.4, -0.2) is 29.0 Å². The molecule has 5 heteroatoms. The van der Waals surface area contributed by atoms with Gasteiger partial charge in [-0.05, 0) is 32.9 Å². The number of carbonyl (C=O) groups excluding carboxylic acids is 2. The molecule has 0 fully saturated rings. The van der Waals surface area contributed by atoms with E-state index in [2.05, 4.69) is 10.3 Å². The molecule has 1 aromatic rings. The van der Waals surface area contributed by atoms with Crippen LogP contribution in [0.25, 0.3) is 0 Å². The summed E-state index contributed by atoms with van der Waals surface area (Å²) in [5.74, 6) is -0.105. The Morgan fingerprint density at radius 2 is 2.06 bits per heavy atom. The zero-order chi connectivity index (χ0) is 13.6. The molecule has 0 bridgehead atoms. The fourth-order valence-electron chi connectivity index (χ4n) is 1.25. The number of ketones is 1. The molecule has 0 atom stereocenters. The number of aromatic nitrogens is 1. The van der Waals surface area contributed by atoms with Crippen LogP contribution in [0.2, 0.25) is 0 Å². The first-order chi connectivity index (χ1) is 8.38. The summed E-state index contributed by atoms with van der Waals surface area (Å²) in [7, 11) is 0. The van der Waals surface area contributed by atoms with Gasteiger partial charge in [-0.3, -0.25) is 9.78 Å². The predicted octanol–water partition coefficient (Wildman–Crippen LogP) is 2.18. The van der Waals surface area contributed by atoms with Gasteiger partial charge in [0.25, 0.3) is 0 Å². The SMILES string of the molecule is CC(C)(C)OC(=O)NCCC(=O)c1ccccn1. The number of Topliss-reactive ketones (excluding diaryl/α,β-unsaturated/α-hetero) is 1. The number of rotatable bonds is 4. The van der Waals surface area contributed by atoms with Gasteiger partial charge in [0.05, 0.1) is 0 Å². The van der Waals surface area contributed by atoms with Crippen molar-refractivity contribution in [3.63, 3.8) is 0 Å². The van der Waals surface area contributed by atoms with E-state index in [1.54, 1.807) is 45.2 Å². The molecule has 98 valence electrons. The lowest BCUT2D eigenvalue weighted by Gasteiger charge is -2.19. The predicted molar refractivity (Wildman–Crippen MR) is 67.4 cm³/mol. The molecular weight excluding hydrogens is 232 g/mol. The first kappa shape index (κ1) is 14.2. The van der Waals surface area contributed by atoms with E-state index >= 15 is 0 Å². The van der Waals surface area contributed by atoms with E-state index in [1.165, 1.54) is 0 Å². The summed E-state index contributed by atoms with van der Waals surface area (Å²) >= 11 is 0. The third kappa shape index (κ3) is 5.43. The Morgan fingerprint density at radius 1 is 1.33 bits per heavy atom. The maximum absolute atomic E-state index is 11.7. The second-order valence-corrected chi connectivity index (χ2v) is 4.82. The molecule has 1 amide bonds. The van der Waals surface area contributed by atoms with Crippen LogP contribution in [-0.2, 0) is 4.74 Å². The summed E-state index contributed by atoms with van der Waals surface area (Å²) in [6, 6.07) is 5.15. The van der Waals surface area contributed by atoms with Gasteiger partial charge in [0.1, 0.15) is 11.3 Å². The van der Waals surface area contributed by atoms with Crippen molar-refractivity contribution >= 4 is 11.9 Å². The molecule has 1 rings (SSSR count). The minimum Gasteiger partial charge on any atom is -0.444 e. The summed E-state index contributed by atoms with van der Waals surface area (Å²) in [5, 5.41) is 2.53. The standard InChI is InChI=1S/C13H18N2O3/c1-13(2,3)18-12(17)15-9-7-11(16)10-6-4-5-8-14-10/h4-6,8H,7,9H2,1-3H3,(H,15,17). The lowest BCUT2D eigenvalue weighted by Crippen LogP contribution is -2.33. The van der Waals surface area contributed by atoms with Crippen LogP contribution in [0.3, 0.4) is 0 Å². The van der Waals surface area contributed by atoms with E-state index < -0.39 is 11.7 Å². The number of alkyl carbamates (subject to hydrolysis) is 1. The van der Waals surface area contributed by atoms with E-state index in [0.29, 0.717) is 5.69 Å². The second-order valence-electron chi connectivity index (χ2n) is 4.82. The zero-order valence-electron chi connectivity index (χ0n) is 10.9. The van der Waals surface area contributed by atoms with Crippen LogP contribution in [0.1, 0.15) is 37.7 Å². The van der Waals surface area contributed by atoms with Crippen LogP contribution >= 0.6 is 0 Å². The van der Waals surface area contributed by atoms with Gasteiger partial charge in [-0.1, -0.05) is 6.07 Å². The minimum absolute atomic E-state index is 0.105. The molecule has 0 aliphatic rings. The number of hydrogen-bond donors (Lipinski definition) is 1. The van der Waals surface area contributed by atoms with Gasteiger partial charge in [0, 0.05) is 19.2 Å². The molecule has 0 unspecified atom stereocenters. The van der Waals surface area contributed by atoms with Crippen molar-refractivity contribution in [2.75, 3.05) is 6.54 Å². The average molecular weight is 250 g/mol. The highest BCUT2D eigenvalue weighted by molar-refractivity contribution is 5.94. The highest BCUT2D eigenvalue weighted by Crippen LogP contribution is 2.06. The lowest BCUT2D eigenvalue weighted by atomic mass is 10.2. The normalized spacial score (nSPS) is 10.8. The monoisotopic (exact) mass is 250 g/mol. The molecule has 0 saturated heterocycles. The van der Waals surface area contributed by atoms with Gasteiger partial charge in [-0.15, -0.1) is 0 Å². The van der Waals surface area contributed by atoms with Gasteiger partial charge >= 0.3 is 6.09 Å². The molecular formula is C13H18N2O3. The highest BCUT2D eigenvalue weighted by Gasteiger charge is 2.16. The first-order valence-electron chi connectivity index (χ1n) is 5.79.